The van der Waals surface area contributed by atoms with Crippen LogP contribution in [-0.4, -0.2) is 56.4 Å². The van der Waals surface area contributed by atoms with Crippen LogP contribution in [0.25, 0.3) is 0 Å². The molecule has 0 heterocycles. The topological polar surface area (TPSA) is 83.9 Å². The van der Waals surface area contributed by atoms with E-state index >= 15 is 0 Å². The molecule has 0 aromatic heterocycles. The van der Waals surface area contributed by atoms with E-state index in [1.165, 1.54) is 18.3 Å². The van der Waals surface area contributed by atoms with Crippen molar-refractivity contribution in [3.8, 4) is 0 Å². The summed E-state index contributed by atoms with van der Waals surface area (Å²) in [6.07, 6.45) is 0.413. The molecule has 0 bridgehead atoms. The molecule has 0 aliphatic rings. The Morgan fingerprint density at radius 1 is 1.47 bits per heavy atom. The zero-order valence-corrected chi connectivity index (χ0v) is 11.4. The van der Waals surface area contributed by atoms with Gasteiger partial charge in [0.2, 0.25) is 10.0 Å². The zero-order chi connectivity index (χ0) is 13.5. The van der Waals surface area contributed by atoms with E-state index in [0.717, 1.165) is 0 Å². The highest BCUT2D eigenvalue weighted by Crippen LogP contribution is 2.08. The fraction of sp³-hybridized carbons (Fsp3) is 0.900. The first kappa shape index (κ1) is 16.3. The molecule has 0 aromatic carbocycles. The van der Waals surface area contributed by atoms with Crippen LogP contribution in [0.3, 0.4) is 0 Å². The number of carbonyl (C=O) groups is 1. The van der Waals surface area contributed by atoms with Gasteiger partial charge in [-0.3, -0.25) is 4.79 Å². The number of hydrogen-bond acceptors (Lipinski definition) is 4. The molecule has 1 unspecified atom stereocenters. The Morgan fingerprint density at radius 3 is 2.47 bits per heavy atom. The molecule has 0 spiro atoms. The van der Waals surface area contributed by atoms with Gasteiger partial charge < -0.3 is 9.84 Å². The molecular formula is C10H21NO5S. The molecule has 6 nitrogen and oxygen atoms in total. The van der Waals surface area contributed by atoms with E-state index in [2.05, 4.69) is 0 Å². The first-order chi connectivity index (χ1) is 7.85. The van der Waals surface area contributed by atoms with Crippen LogP contribution in [-0.2, 0) is 19.6 Å². The number of carboxylic acids is 1. The minimum atomic E-state index is -3.38. The highest BCUT2D eigenvalue weighted by molar-refractivity contribution is 7.89. The van der Waals surface area contributed by atoms with Crippen molar-refractivity contribution in [3.05, 3.63) is 0 Å². The van der Waals surface area contributed by atoms with Gasteiger partial charge >= 0.3 is 5.97 Å². The maximum atomic E-state index is 11.9. The van der Waals surface area contributed by atoms with Gasteiger partial charge in [-0.05, 0) is 6.42 Å². The second-order valence-electron chi connectivity index (χ2n) is 3.85. The molecule has 0 aliphatic carbocycles. The Morgan fingerprint density at radius 2 is 2.06 bits per heavy atom. The Balaban J connectivity index is 4.47. The SMILES string of the molecule is CCN(CC(C)C(=O)O)S(=O)(=O)CCCOC. The predicted molar refractivity (Wildman–Crippen MR) is 64.3 cm³/mol. The van der Waals surface area contributed by atoms with Gasteiger partial charge in [0.05, 0.1) is 11.7 Å². The predicted octanol–water partition coefficient (Wildman–Crippen LogP) is 0.395. The molecule has 0 fully saturated rings. The van der Waals surface area contributed by atoms with Crippen molar-refractivity contribution in [1.29, 1.82) is 0 Å². The van der Waals surface area contributed by atoms with E-state index < -0.39 is 21.9 Å². The van der Waals surface area contributed by atoms with E-state index in [9.17, 15) is 13.2 Å². The second-order valence-corrected chi connectivity index (χ2v) is 5.94. The molecule has 0 saturated heterocycles. The molecule has 0 aliphatic heterocycles. The molecule has 102 valence electrons. The number of rotatable bonds is 9. The van der Waals surface area contributed by atoms with Gasteiger partial charge in [0.1, 0.15) is 0 Å². The molecule has 1 atom stereocenters. The van der Waals surface area contributed by atoms with Gasteiger partial charge in [-0.25, -0.2) is 12.7 Å². The number of hydrogen-bond donors (Lipinski definition) is 1. The van der Waals surface area contributed by atoms with Gasteiger partial charge in [-0.15, -0.1) is 0 Å². The monoisotopic (exact) mass is 267 g/mol. The average molecular weight is 267 g/mol. The first-order valence-electron chi connectivity index (χ1n) is 5.54. The maximum Gasteiger partial charge on any atom is 0.307 e. The fourth-order valence-corrected chi connectivity index (χ4v) is 2.92. The van der Waals surface area contributed by atoms with Crippen molar-refractivity contribution in [2.24, 2.45) is 5.92 Å². The summed E-state index contributed by atoms with van der Waals surface area (Å²) < 4.78 is 29.7. The highest BCUT2D eigenvalue weighted by atomic mass is 32.2. The molecule has 0 rings (SSSR count). The summed E-state index contributed by atoms with van der Waals surface area (Å²) in [6, 6.07) is 0. The summed E-state index contributed by atoms with van der Waals surface area (Å²) in [6.45, 7) is 3.87. The summed E-state index contributed by atoms with van der Waals surface area (Å²) in [5, 5.41) is 8.76. The Kier molecular flexibility index (Phi) is 7.33. The lowest BCUT2D eigenvalue weighted by Gasteiger charge is -2.22. The lowest BCUT2D eigenvalue weighted by atomic mass is 10.2. The Hall–Kier alpha value is -0.660. The molecule has 0 radical (unpaired) electrons. The zero-order valence-electron chi connectivity index (χ0n) is 10.5. The molecule has 1 N–H and O–H groups in total. The van der Waals surface area contributed by atoms with Crippen LogP contribution in [0, 0.1) is 5.92 Å². The maximum absolute atomic E-state index is 11.9. The number of carboxylic acid groups (broad SMARTS) is 1. The number of sulfonamides is 1. The Labute approximate surface area is 103 Å². The van der Waals surface area contributed by atoms with Gasteiger partial charge in [0, 0.05) is 26.8 Å². The number of nitrogens with zero attached hydrogens (tertiary/aromatic N) is 1. The molecule has 0 saturated carbocycles. The van der Waals surface area contributed by atoms with Crippen LogP contribution in [0.1, 0.15) is 20.3 Å². The quantitative estimate of drug-likeness (QED) is 0.611. The molecule has 7 heteroatoms. The van der Waals surface area contributed by atoms with Crippen molar-refractivity contribution < 1.29 is 23.1 Å². The summed E-state index contributed by atoms with van der Waals surface area (Å²) in [5.41, 5.74) is 0. The van der Waals surface area contributed by atoms with Gasteiger partial charge in [0.15, 0.2) is 0 Å². The second kappa shape index (κ2) is 7.62. The minimum Gasteiger partial charge on any atom is -0.481 e. The smallest absolute Gasteiger partial charge is 0.307 e. The van der Waals surface area contributed by atoms with Crippen molar-refractivity contribution >= 4 is 16.0 Å². The van der Waals surface area contributed by atoms with Crippen molar-refractivity contribution in [2.45, 2.75) is 20.3 Å². The largest absolute Gasteiger partial charge is 0.481 e. The van der Waals surface area contributed by atoms with Crippen molar-refractivity contribution in [3.63, 3.8) is 0 Å². The summed E-state index contributed by atoms with van der Waals surface area (Å²) in [5.74, 6) is -1.70. The average Bonchev–Trinajstić information content (AvgIpc) is 2.25. The molecule has 0 amide bonds. The standard InChI is InChI=1S/C10H21NO5S/c1-4-11(8-9(2)10(12)13)17(14,15)7-5-6-16-3/h9H,4-8H2,1-3H3,(H,12,13). The summed E-state index contributed by atoms with van der Waals surface area (Å²) in [7, 11) is -1.87. The summed E-state index contributed by atoms with van der Waals surface area (Å²) >= 11 is 0. The van der Waals surface area contributed by atoms with E-state index in [1.807, 2.05) is 0 Å². The van der Waals surface area contributed by atoms with Gasteiger partial charge in [-0.1, -0.05) is 13.8 Å². The van der Waals surface area contributed by atoms with Crippen LogP contribution < -0.4 is 0 Å². The Bertz CT molecular complexity index is 328. The van der Waals surface area contributed by atoms with E-state index in [0.29, 0.717) is 13.0 Å². The van der Waals surface area contributed by atoms with Gasteiger partial charge in [0.25, 0.3) is 0 Å². The lowest BCUT2D eigenvalue weighted by Crippen LogP contribution is -2.38. The van der Waals surface area contributed by atoms with Crippen molar-refractivity contribution in [1.82, 2.24) is 4.31 Å². The third kappa shape index (κ3) is 5.99. The first-order valence-corrected chi connectivity index (χ1v) is 7.15. The third-order valence-corrected chi connectivity index (χ3v) is 4.39. The number of aliphatic carboxylic acids is 1. The fourth-order valence-electron chi connectivity index (χ4n) is 1.34. The molecule has 0 aromatic rings. The van der Waals surface area contributed by atoms with Crippen LogP contribution >= 0.6 is 0 Å². The van der Waals surface area contributed by atoms with Crippen LogP contribution in [0.2, 0.25) is 0 Å². The minimum absolute atomic E-state index is 0.0129. The van der Waals surface area contributed by atoms with E-state index in [1.54, 1.807) is 6.92 Å². The summed E-state index contributed by atoms with van der Waals surface area (Å²) in [4.78, 5) is 10.7. The van der Waals surface area contributed by atoms with E-state index in [4.69, 9.17) is 9.84 Å². The molecular weight excluding hydrogens is 246 g/mol. The van der Waals surface area contributed by atoms with Crippen LogP contribution in [0.5, 0.6) is 0 Å². The van der Waals surface area contributed by atoms with E-state index in [-0.39, 0.29) is 18.8 Å². The number of ether oxygens (including phenoxy) is 1. The van der Waals surface area contributed by atoms with Crippen molar-refractivity contribution in [2.75, 3.05) is 32.6 Å². The van der Waals surface area contributed by atoms with Crippen LogP contribution in [0.4, 0.5) is 0 Å². The number of methoxy groups -OCH3 is 1. The third-order valence-electron chi connectivity index (χ3n) is 2.40. The highest BCUT2D eigenvalue weighted by Gasteiger charge is 2.24. The molecule has 17 heavy (non-hydrogen) atoms. The van der Waals surface area contributed by atoms with Crippen LogP contribution in [0.15, 0.2) is 0 Å². The lowest BCUT2D eigenvalue weighted by molar-refractivity contribution is -0.141. The normalized spacial score (nSPS) is 13.9. The van der Waals surface area contributed by atoms with Gasteiger partial charge in [-0.2, -0.15) is 0 Å².